The number of pyridine rings is 1. The minimum absolute atomic E-state index is 0.0661. The topological polar surface area (TPSA) is 62.2 Å². The molecule has 0 aliphatic carbocycles. The molecule has 3 rings (SSSR count). The average Bonchev–Trinajstić information content (AvgIpc) is 2.61. The molecule has 26 heavy (non-hydrogen) atoms. The molecule has 6 heteroatoms. The van der Waals surface area contributed by atoms with Crippen molar-refractivity contribution in [3.8, 4) is 0 Å². The zero-order valence-corrected chi connectivity index (χ0v) is 16.3. The molecule has 0 saturated carbocycles. The lowest BCUT2D eigenvalue weighted by atomic mass is 10.1. The number of anilines is 1. The van der Waals surface area contributed by atoms with Crippen molar-refractivity contribution in [2.75, 3.05) is 31.1 Å². The third-order valence-corrected chi connectivity index (χ3v) is 4.72. The Labute approximate surface area is 155 Å². The first kappa shape index (κ1) is 18.3. The summed E-state index contributed by atoms with van der Waals surface area (Å²) >= 11 is 0. The van der Waals surface area contributed by atoms with Gasteiger partial charge < -0.3 is 9.80 Å². The molecule has 0 spiro atoms. The largest absolute Gasteiger partial charge is 0.353 e. The van der Waals surface area contributed by atoms with E-state index in [-0.39, 0.29) is 5.91 Å². The van der Waals surface area contributed by atoms with Gasteiger partial charge in [0.2, 0.25) is 0 Å². The maximum atomic E-state index is 12.8. The molecular formula is C20H27N5O. The van der Waals surface area contributed by atoms with Crippen LogP contribution in [-0.4, -0.2) is 51.9 Å². The smallest absolute Gasteiger partial charge is 0.255 e. The number of nitrogens with zero attached hydrogens (tertiary/aromatic N) is 5. The zero-order chi connectivity index (χ0) is 18.8. The Morgan fingerprint density at radius 2 is 1.65 bits per heavy atom. The number of carbonyl (C=O) groups is 1. The van der Waals surface area contributed by atoms with Crippen molar-refractivity contribution in [1.82, 2.24) is 19.9 Å². The highest BCUT2D eigenvalue weighted by molar-refractivity contribution is 5.95. The van der Waals surface area contributed by atoms with Crippen LogP contribution in [0.1, 0.15) is 53.0 Å². The van der Waals surface area contributed by atoms with E-state index in [1.165, 1.54) is 0 Å². The normalized spacial score (nSPS) is 14.8. The molecule has 2 aromatic rings. The van der Waals surface area contributed by atoms with E-state index in [0.29, 0.717) is 24.6 Å². The van der Waals surface area contributed by atoms with E-state index in [2.05, 4.69) is 28.7 Å². The SMILES string of the molecule is Cc1cc(N2CCN(C(=O)c3ccc(C)nc3C)CC2)nc(C(C)C)n1. The lowest BCUT2D eigenvalue weighted by Gasteiger charge is -2.35. The van der Waals surface area contributed by atoms with Crippen molar-refractivity contribution in [3.63, 3.8) is 0 Å². The standard InChI is InChI=1S/C20H27N5O/c1-13(2)19-22-15(4)12-18(23-19)24-8-10-25(11-9-24)20(26)17-7-6-14(3)21-16(17)5/h6-7,12-13H,8-11H2,1-5H3. The van der Waals surface area contributed by atoms with Gasteiger partial charge in [0.25, 0.3) is 5.91 Å². The van der Waals surface area contributed by atoms with Crippen LogP contribution in [-0.2, 0) is 0 Å². The van der Waals surface area contributed by atoms with Crippen LogP contribution in [0.2, 0.25) is 0 Å². The molecule has 138 valence electrons. The number of aryl methyl sites for hydroxylation is 3. The number of hydrogen-bond donors (Lipinski definition) is 0. The minimum atomic E-state index is 0.0661. The summed E-state index contributed by atoms with van der Waals surface area (Å²) in [5, 5.41) is 0. The Morgan fingerprint density at radius 3 is 2.27 bits per heavy atom. The molecule has 0 bridgehead atoms. The van der Waals surface area contributed by atoms with Gasteiger partial charge in [-0.1, -0.05) is 13.8 Å². The summed E-state index contributed by atoms with van der Waals surface area (Å²) in [6, 6.07) is 5.81. The van der Waals surface area contributed by atoms with E-state index in [1.807, 2.05) is 43.9 Å². The van der Waals surface area contributed by atoms with Gasteiger partial charge in [-0.05, 0) is 32.9 Å². The Bertz CT molecular complexity index is 810. The van der Waals surface area contributed by atoms with Gasteiger partial charge in [-0.3, -0.25) is 9.78 Å². The summed E-state index contributed by atoms with van der Waals surface area (Å²) in [6.45, 7) is 13.0. The van der Waals surface area contributed by atoms with Gasteiger partial charge in [-0.15, -0.1) is 0 Å². The summed E-state index contributed by atoms with van der Waals surface area (Å²) in [5.41, 5.74) is 3.41. The third-order valence-electron chi connectivity index (χ3n) is 4.72. The van der Waals surface area contributed by atoms with Gasteiger partial charge >= 0.3 is 0 Å². The third kappa shape index (κ3) is 3.84. The van der Waals surface area contributed by atoms with Crippen molar-refractivity contribution >= 4 is 11.7 Å². The molecule has 2 aromatic heterocycles. The first-order valence-corrected chi connectivity index (χ1v) is 9.19. The molecule has 1 aliphatic rings. The Balaban J connectivity index is 1.70. The summed E-state index contributed by atoms with van der Waals surface area (Å²) in [6.07, 6.45) is 0. The molecular weight excluding hydrogens is 326 g/mol. The number of hydrogen-bond acceptors (Lipinski definition) is 5. The molecule has 3 heterocycles. The van der Waals surface area contributed by atoms with Crippen molar-refractivity contribution < 1.29 is 4.79 Å². The van der Waals surface area contributed by atoms with Gasteiger partial charge in [0, 0.05) is 49.6 Å². The molecule has 0 atom stereocenters. The molecule has 0 unspecified atom stereocenters. The number of carbonyl (C=O) groups excluding carboxylic acids is 1. The van der Waals surface area contributed by atoms with Crippen LogP contribution in [0.25, 0.3) is 0 Å². The maximum Gasteiger partial charge on any atom is 0.255 e. The number of rotatable bonds is 3. The fraction of sp³-hybridized carbons (Fsp3) is 0.500. The Hall–Kier alpha value is -2.50. The lowest BCUT2D eigenvalue weighted by Crippen LogP contribution is -2.49. The summed E-state index contributed by atoms with van der Waals surface area (Å²) in [4.78, 5) is 30.6. The fourth-order valence-electron chi connectivity index (χ4n) is 3.22. The summed E-state index contributed by atoms with van der Waals surface area (Å²) in [5.74, 6) is 2.20. The molecule has 0 aromatic carbocycles. The first-order valence-electron chi connectivity index (χ1n) is 9.19. The van der Waals surface area contributed by atoms with E-state index < -0.39 is 0 Å². The average molecular weight is 353 g/mol. The van der Waals surface area contributed by atoms with E-state index in [1.54, 1.807) is 0 Å². The van der Waals surface area contributed by atoms with Gasteiger partial charge in [0.05, 0.1) is 11.3 Å². The predicted molar refractivity (Wildman–Crippen MR) is 103 cm³/mol. The van der Waals surface area contributed by atoms with E-state index in [0.717, 1.165) is 41.8 Å². The Morgan fingerprint density at radius 1 is 0.962 bits per heavy atom. The highest BCUT2D eigenvalue weighted by Gasteiger charge is 2.24. The van der Waals surface area contributed by atoms with Gasteiger partial charge in [0.15, 0.2) is 0 Å². The second kappa shape index (κ2) is 7.40. The number of amides is 1. The molecule has 1 aliphatic heterocycles. The molecule has 0 radical (unpaired) electrons. The van der Waals surface area contributed by atoms with Crippen LogP contribution < -0.4 is 4.90 Å². The van der Waals surface area contributed by atoms with Crippen molar-refractivity contribution in [1.29, 1.82) is 0 Å². The van der Waals surface area contributed by atoms with Crippen LogP contribution in [0.15, 0.2) is 18.2 Å². The first-order chi connectivity index (χ1) is 12.3. The summed E-state index contributed by atoms with van der Waals surface area (Å²) in [7, 11) is 0. The highest BCUT2D eigenvalue weighted by atomic mass is 16.2. The second-order valence-electron chi connectivity index (χ2n) is 7.25. The lowest BCUT2D eigenvalue weighted by molar-refractivity contribution is 0.0745. The Kier molecular flexibility index (Phi) is 5.20. The van der Waals surface area contributed by atoms with Crippen molar-refractivity contribution in [3.05, 3.63) is 46.7 Å². The van der Waals surface area contributed by atoms with E-state index in [4.69, 9.17) is 4.98 Å². The number of aromatic nitrogens is 3. The zero-order valence-electron chi connectivity index (χ0n) is 16.3. The van der Waals surface area contributed by atoms with Gasteiger partial charge in [-0.25, -0.2) is 9.97 Å². The minimum Gasteiger partial charge on any atom is -0.353 e. The monoisotopic (exact) mass is 353 g/mol. The maximum absolute atomic E-state index is 12.8. The molecule has 1 saturated heterocycles. The van der Waals surface area contributed by atoms with Crippen LogP contribution in [0.4, 0.5) is 5.82 Å². The fourth-order valence-corrected chi connectivity index (χ4v) is 3.22. The molecule has 0 N–H and O–H groups in total. The predicted octanol–water partition coefficient (Wildman–Crippen LogP) is 2.88. The van der Waals surface area contributed by atoms with E-state index in [9.17, 15) is 4.79 Å². The van der Waals surface area contributed by atoms with Crippen LogP contribution >= 0.6 is 0 Å². The molecule has 1 amide bonds. The quantitative estimate of drug-likeness (QED) is 0.849. The van der Waals surface area contributed by atoms with Crippen molar-refractivity contribution in [2.24, 2.45) is 0 Å². The highest BCUT2D eigenvalue weighted by Crippen LogP contribution is 2.20. The molecule has 1 fully saturated rings. The van der Waals surface area contributed by atoms with Crippen LogP contribution in [0.5, 0.6) is 0 Å². The summed E-state index contributed by atoms with van der Waals surface area (Å²) < 4.78 is 0. The van der Waals surface area contributed by atoms with Crippen LogP contribution in [0, 0.1) is 20.8 Å². The van der Waals surface area contributed by atoms with Crippen LogP contribution in [0.3, 0.4) is 0 Å². The second-order valence-corrected chi connectivity index (χ2v) is 7.25. The van der Waals surface area contributed by atoms with Gasteiger partial charge in [0.1, 0.15) is 11.6 Å². The molecule has 6 nitrogen and oxygen atoms in total. The number of piperazine rings is 1. The van der Waals surface area contributed by atoms with Crippen molar-refractivity contribution in [2.45, 2.75) is 40.5 Å². The van der Waals surface area contributed by atoms with E-state index >= 15 is 0 Å². The van der Waals surface area contributed by atoms with Gasteiger partial charge in [-0.2, -0.15) is 0 Å².